The third-order valence-corrected chi connectivity index (χ3v) is 9.12. The van der Waals surface area contributed by atoms with E-state index in [4.69, 9.17) is 0 Å². The largest absolute Gasteiger partial charge is 0.0622 e. The molecular weight excluding hydrogens is 704 g/mol. The van der Waals surface area contributed by atoms with Gasteiger partial charge in [0.05, 0.1) is 0 Å². The maximum absolute atomic E-state index is 3.90. The van der Waals surface area contributed by atoms with Gasteiger partial charge in [0, 0.05) is 17.9 Å². The summed E-state index contributed by atoms with van der Waals surface area (Å²) in [4.78, 5) is 0. The topological polar surface area (TPSA) is 0 Å². The minimum absolute atomic E-state index is 1.04. The van der Waals surface area contributed by atoms with E-state index in [-0.39, 0.29) is 0 Å². The number of halogens is 4. The molecule has 5 rings (SSSR count). The molecule has 0 N–H and O–H groups in total. The van der Waals surface area contributed by atoms with Crippen molar-refractivity contribution in [2.24, 2.45) is 0 Å². The quantitative estimate of drug-likeness (QED) is 0.173. The Morgan fingerprint density at radius 2 is 0.694 bits per heavy atom. The number of aryl methyl sites for hydroxylation is 2. The second-order valence-electron chi connectivity index (χ2n) is 8.84. The third-order valence-electron chi connectivity index (χ3n) is 6.50. The van der Waals surface area contributed by atoms with Crippen LogP contribution in [0.1, 0.15) is 11.1 Å². The van der Waals surface area contributed by atoms with Gasteiger partial charge in [-0.05, 0) is 99.8 Å². The highest BCUT2D eigenvalue weighted by molar-refractivity contribution is 9.11. The summed E-state index contributed by atoms with van der Waals surface area (Å²) < 4.78 is 4.22. The lowest BCUT2D eigenvalue weighted by molar-refractivity contribution is 1.33. The zero-order valence-electron chi connectivity index (χ0n) is 19.7. The Morgan fingerprint density at radius 3 is 1.19 bits per heavy atom. The van der Waals surface area contributed by atoms with E-state index in [1.807, 2.05) is 0 Å². The molecule has 0 unspecified atom stereocenters. The van der Waals surface area contributed by atoms with Gasteiger partial charge in [0.1, 0.15) is 0 Å². The highest BCUT2D eigenvalue weighted by Crippen LogP contribution is 2.45. The first-order chi connectivity index (χ1) is 17.3. The van der Waals surface area contributed by atoms with Gasteiger partial charge in [-0.2, -0.15) is 0 Å². The van der Waals surface area contributed by atoms with Gasteiger partial charge in [-0.15, -0.1) is 0 Å². The average Bonchev–Trinajstić information content (AvgIpc) is 2.88. The first-order valence-corrected chi connectivity index (χ1v) is 14.7. The normalized spacial score (nSPS) is 11.1. The SMILES string of the molecule is Cc1cc(Br)c(-c2cc(Br)c(-c3cc(-c4ccccc4)c(-c4ccccc4)cc3Br)cc2Br)cc1C. The van der Waals surface area contributed by atoms with Crippen LogP contribution in [0.4, 0.5) is 0 Å². The second kappa shape index (κ2) is 10.8. The van der Waals surface area contributed by atoms with E-state index in [9.17, 15) is 0 Å². The van der Waals surface area contributed by atoms with Crippen molar-refractivity contribution in [3.63, 3.8) is 0 Å². The predicted octanol–water partition coefficient (Wildman–Crippen LogP) is 12.0. The summed E-state index contributed by atoms with van der Waals surface area (Å²) in [5.41, 5.74) is 11.9. The summed E-state index contributed by atoms with van der Waals surface area (Å²) in [6.07, 6.45) is 0. The van der Waals surface area contributed by atoms with Crippen LogP contribution in [0.15, 0.2) is 115 Å². The predicted molar refractivity (Wildman–Crippen MR) is 168 cm³/mol. The Hall–Kier alpha value is -1.98. The van der Waals surface area contributed by atoms with Gasteiger partial charge in [-0.1, -0.05) is 130 Å². The molecule has 36 heavy (non-hydrogen) atoms. The molecule has 0 heterocycles. The van der Waals surface area contributed by atoms with Crippen molar-refractivity contribution in [2.45, 2.75) is 13.8 Å². The molecule has 0 saturated carbocycles. The first-order valence-electron chi connectivity index (χ1n) is 11.5. The molecule has 0 spiro atoms. The van der Waals surface area contributed by atoms with Crippen LogP contribution in [0.5, 0.6) is 0 Å². The van der Waals surface area contributed by atoms with Crippen molar-refractivity contribution in [1.29, 1.82) is 0 Å². The van der Waals surface area contributed by atoms with Crippen LogP contribution in [-0.4, -0.2) is 0 Å². The fraction of sp³-hybridized carbons (Fsp3) is 0.0625. The fourth-order valence-corrected chi connectivity index (χ4v) is 6.78. The average molecular weight is 726 g/mol. The maximum Gasteiger partial charge on any atom is 0.0261 e. The minimum Gasteiger partial charge on any atom is -0.0622 e. The van der Waals surface area contributed by atoms with Gasteiger partial charge in [0.25, 0.3) is 0 Å². The van der Waals surface area contributed by atoms with Gasteiger partial charge in [0.15, 0.2) is 0 Å². The molecule has 5 aromatic carbocycles. The Labute approximate surface area is 246 Å². The first kappa shape index (κ1) is 25.7. The molecule has 0 aliphatic carbocycles. The summed E-state index contributed by atoms with van der Waals surface area (Å²) in [5.74, 6) is 0. The van der Waals surface area contributed by atoms with E-state index in [2.05, 4.69) is 175 Å². The smallest absolute Gasteiger partial charge is 0.0261 e. The van der Waals surface area contributed by atoms with Crippen molar-refractivity contribution in [1.82, 2.24) is 0 Å². The standard InChI is InChI=1S/C32H22Br4/c1-19-13-25(29(33)14-20(19)2)27-17-32(36)28(18-31(27)35)26-15-23(21-9-5-3-6-10-21)24(16-30(26)34)22-11-7-4-8-12-22/h3-18H,1-2H3. The summed E-state index contributed by atoms with van der Waals surface area (Å²) in [6, 6.07) is 34.5. The lowest BCUT2D eigenvalue weighted by Crippen LogP contribution is -1.92. The Bertz CT molecular complexity index is 1570. The molecule has 0 amide bonds. The van der Waals surface area contributed by atoms with Crippen LogP contribution in [0, 0.1) is 13.8 Å². The lowest BCUT2D eigenvalue weighted by atomic mass is 9.90. The lowest BCUT2D eigenvalue weighted by Gasteiger charge is -2.18. The summed E-state index contributed by atoms with van der Waals surface area (Å²) in [5, 5.41) is 0. The van der Waals surface area contributed by atoms with Crippen molar-refractivity contribution >= 4 is 63.7 Å². The molecule has 0 nitrogen and oxygen atoms in total. The van der Waals surface area contributed by atoms with Crippen LogP contribution >= 0.6 is 63.7 Å². The van der Waals surface area contributed by atoms with Crippen LogP contribution in [0.2, 0.25) is 0 Å². The monoisotopic (exact) mass is 722 g/mol. The van der Waals surface area contributed by atoms with Crippen molar-refractivity contribution < 1.29 is 0 Å². The van der Waals surface area contributed by atoms with Gasteiger partial charge < -0.3 is 0 Å². The van der Waals surface area contributed by atoms with Crippen molar-refractivity contribution in [3.8, 4) is 44.5 Å². The molecule has 0 fully saturated rings. The van der Waals surface area contributed by atoms with Gasteiger partial charge in [-0.3, -0.25) is 0 Å². The highest BCUT2D eigenvalue weighted by atomic mass is 79.9. The Morgan fingerprint density at radius 1 is 0.361 bits per heavy atom. The molecule has 178 valence electrons. The molecule has 0 aliphatic heterocycles. The molecule has 0 atom stereocenters. The van der Waals surface area contributed by atoms with Gasteiger partial charge in [0.2, 0.25) is 0 Å². The van der Waals surface area contributed by atoms with E-state index in [1.165, 1.54) is 38.9 Å². The summed E-state index contributed by atoms with van der Waals surface area (Å²) in [7, 11) is 0. The van der Waals surface area contributed by atoms with E-state index >= 15 is 0 Å². The number of rotatable bonds is 4. The third kappa shape index (κ3) is 5.06. The molecular formula is C32H22Br4. The second-order valence-corrected chi connectivity index (χ2v) is 12.3. The van der Waals surface area contributed by atoms with Crippen LogP contribution in [-0.2, 0) is 0 Å². The van der Waals surface area contributed by atoms with E-state index in [0.29, 0.717) is 0 Å². The van der Waals surface area contributed by atoms with Crippen molar-refractivity contribution in [3.05, 3.63) is 126 Å². The summed E-state index contributed by atoms with van der Waals surface area (Å²) >= 11 is 15.4. The number of hydrogen-bond donors (Lipinski definition) is 0. The molecule has 0 saturated heterocycles. The maximum atomic E-state index is 3.90. The van der Waals surface area contributed by atoms with Crippen molar-refractivity contribution in [2.75, 3.05) is 0 Å². The zero-order valence-corrected chi connectivity index (χ0v) is 26.1. The number of hydrogen-bond acceptors (Lipinski definition) is 0. The Balaban J connectivity index is 1.70. The van der Waals surface area contributed by atoms with Gasteiger partial charge >= 0.3 is 0 Å². The van der Waals surface area contributed by atoms with E-state index in [0.717, 1.165) is 34.6 Å². The fourth-order valence-electron chi connectivity index (χ4n) is 4.44. The molecule has 0 aliphatic rings. The minimum atomic E-state index is 1.04. The van der Waals surface area contributed by atoms with Crippen LogP contribution in [0.25, 0.3) is 44.5 Å². The highest BCUT2D eigenvalue weighted by Gasteiger charge is 2.18. The number of benzene rings is 5. The van der Waals surface area contributed by atoms with E-state index < -0.39 is 0 Å². The van der Waals surface area contributed by atoms with E-state index in [1.54, 1.807) is 0 Å². The molecule has 5 aromatic rings. The van der Waals surface area contributed by atoms with Gasteiger partial charge in [-0.25, -0.2) is 0 Å². The van der Waals surface area contributed by atoms with Crippen LogP contribution < -0.4 is 0 Å². The molecule has 0 aromatic heterocycles. The Kier molecular flexibility index (Phi) is 7.69. The zero-order chi connectivity index (χ0) is 25.4. The summed E-state index contributed by atoms with van der Waals surface area (Å²) in [6.45, 7) is 4.29. The molecule has 0 radical (unpaired) electrons. The molecule has 4 heteroatoms. The van der Waals surface area contributed by atoms with Crippen LogP contribution in [0.3, 0.4) is 0 Å². The molecule has 0 bridgehead atoms.